The fourth-order valence-corrected chi connectivity index (χ4v) is 4.96. The number of hydrogen-bond acceptors (Lipinski definition) is 4. The molecule has 0 heterocycles. The third-order valence-corrected chi connectivity index (χ3v) is 5.88. The predicted molar refractivity (Wildman–Crippen MR) is 63.5 cm³/mol. The predicted octanol–water partition coefficient (Wildman–Crippen LogP) is 2.17. The molecule has 100 valence electrons. The molecule has 18 heavy (non-hydrogen) atoms. The van der Waals surface area contributed by atoms with Crippen LogP contribution in [0.2, 0.25) is 0 Å². The van der Waals surface area contributed by atoms with Crippen LogP contribution in [0.3, 0.4) is 0 Å². The number of carbonyl (C=O) groups is 1. The van der Waals surface area contributed by atoms with Gasteiger partial charge in [-0.25, -0.2) is 0 Å². The average molecular weight is 253 g/mol. The van der Waals surface area contributed by atoms with Crippen molar-refractivity contribution in [3.8, 4) is 0 Å². The zero-order valence-corrected chi connectivity index (χ0v) is 10.7. The minimum absolute atomic E-state index is 0.0619. The van der Waals surface area contributed by atoms with E-state index in [1.165, 1.54) is 6.42 Å². The van der Waals surface area contributed by atoms with E-state index in [-0.39, 0.29) is 29.3 Å². The fraction of sp³-hybridized carbons (Fsp3) is 0.923. The molecule has 0 aromatic carbocycles. The summed E-state index contributed by atoms with van der Waals surface area (Å²) in [4.78, 5) is 22.5. The lowest BCUT2D eigenvalue weighted by Gasteiger charge is -2.40. The molecule has 3 aliphatic rings. The molecule has 3 atom stereocenters. The van der Waals surface area contributed by atoms with Crippen LogP contribution in [0.4, 0.5) is 0 Å². The Labute approximate surface area is 106 Å². The molecule has 5 nitrogen and oxygen atoms in total. The Morgan fingerprint density at radius 2 is 2.06 bits per heavy atom. The van der Waals surface area contributed by atoms with Gasteiger partial charge in [-0.15, -0.1) is 0 Å². The second kappa shape index (κ2) is 3.45. The number of nitro groups is 1. The highest BCUT2D eigenvalue weighted by Crippen LogP contribution is 2.90. The minimum atomic E-state index is -0.416. The van der Waals surface area contributed by atoms with Gasteiger partial charge in [0.15, 0.2) is 0 Å². The Bertz CT molecular complexity index is 419. The van der Waals surface area contributed by atoms with E-state index in [1.54, 1.807) is 6.92 Å². The molecule has 3 fully saturated rings. The van der Waals surface area contributed by atoms with Crippen molar-refractivity contribution in [3.63, 3.8) is 0 Å². The van der Waals surface area contributed by atoms with E-state index in [2.05, 4.69) is 0 Å². The Morgan fingerprint density at radius 1 is 1.33 bits per heavy atom. The molecule has 0 amide bonds. The van der Waals surface area contributed by atoms with Crippen LogP contribution >= 0.6 is 0 Å². The molecule has 5 heteroatoms. The van der Waals surface area contributed by atoms with E-state index < -0.39 is 5.41 Å². The van der Waals surface area contributed by atoms with Crippen molar-refractivity contribution >= 4 is 5.97 Å². The van der Waals surface area contributed by atoms with Gasteiger partial charge in [0.05, 0.1) is 18.4 Å². The standard InChI is InChI=1S/C13H19NO4/c1-2-18-10(15)7-12(9-14(16)17)4-3-11-5-6-13(11,12)8-11/h2-9H2,1H3. The molecule has 0 aliphatic heterocycles. The van der Waals surface area contributed by atoms with Gasteiger partial charge >= 0.3 is 5.97 Å². The van der Waals surface area contributed by atoms with Gasteiger partial charge in [0.25, 0.3) is 0 Å². The lowest BCUT2D eigenvalue weighted by molar-refractivity contribution is -0.501. The van der Waals surface area contributed by atoms with E-state index in [9.17, 15) is 14.9 Å². The van der Waals surface area contributed by atoms with Crippen LogP contribution in [-0.2, 0) is 9.53 Å². The highest BCUT2D eigenvalue weighted by molar-refractivity contribution is 5.71. The Kier molecular flexibility index (Phi) is 2.29. The Morgan fingerprint density at radius 3 is 2.50 bits per heavy atom. The molecule has 0 saturated heterocycles. The summed E-state index contributed by atoms with van der Waals surface area (Å²) >= 11 is 0. The van der Waals surface area contributed by atoms with Crippen molar-refractivity contribution in [3.05, 3.63) is 10.1 Å². The molecular formula is C13H19NO4. The minimum Gasteiger partial charge on any atom is -0.466 e. The summed E-state index contributed by atoms with van der Waals surface area (Å²) in [6.07, 6.45) is 5.51. The molecule has 0 radical (unpaired) electrons. The molecule has 3 unspecified atom stereocenters. The first kappa shape index (κ1) is 11.9. The molecule has 3 saturated carbocycles. The lowest BCUT2D eigenvalue weighted by Crippen LogP contribution is -2.42. The van der Waals surface area contributed by atoms with Crippen LogP contribution in [-0.4, -0.2) is 24.0 Å². The third kappa shape index (κ3) is 1.25. The van der Waals surface area contributed by atoms with Crippen molar-refractivity contribution in [2.24, 2.45) is 16.2 Å². The van der Waals surface area contributed by atoms with Crippen molar-refractivity contribution in [2.75, 3.05) is 13.2 Å². The lowest BCUT2D eigenvalue weighted by atomic mass is 9.62. The smallest absolute Gasteiger partial charge is 0.306 e. The van der Waals surface area contributed by atoms with Crippen LogP contribution in [0, 0.1) is 26.4 Å². The van der Waals surface area contributed by atoms with Crippen LogP contribution in [0.5, 0.6) is 0 Å². The van der Waals surface area contributed by atoms with Gasteiger partial charge in [0.2, 0.25) is 6.54 Å². The first-order chi connectivity index (χ1) is 8.49. The van der Waals surface area contributed by atoms with E-state index in [1.807, 2.05) is 0 Å². The van der Waals surface area contributed by atoms with Gasteiger partial charge in [-0.05, 0) is 49.9 Å². The largest absolute Gasteiger partial charge is 0.466 e. The molecule has 0 N–H and O–H groups in total. The third-order valence-electron chi connectivity index (χ3n) is 5.88. The van der Waals surface area contributed by atoms with Gasteiger partial charge in [0.1, 0.15) is 0 Å². The molecule has 0 spiro atoms. The summed E-state index contributed by atoms with van der Waals surface area (Å²) in [5, 5.41) is 11.0. The second-order valence-corrected chi connectivity index (χ2v) is 6.29. The topological polar surface area (TPSA) is 69.4 Å². The second-order valence-electron chi connectivity index (χ2n) is 6.29. The SMILES string of the molecule is CCOC(=O)CC1(C[N+](=O)[O-])CCC23CCC12C3. The number of hydrogen-bond donors (Lipinski definition) is 0. The zero-order valence-electron chi connectivity index (χ0n) is 10.7. The molecule has 3 aliphatic carbocycles. The highest BCUT2D eigenvalue weighted by atomic mass is 16.6. The number of carbonyl (C=O) groups excluding carboxylic acids is 1. The summed E-state index contributed by atoms with van der Waals surface area (Å²) in [5.41, 5.74) is 0.0658. The summed E-state index contributed by atoms with van der Waals surface area (Å²) in [6, 6.07) is 0. The maximum absolute atomic E-state index is 11.8. The number of ether oxygens (including phenoxy) is 1. The average Bonchev–Trinajstić information content (AvgIpc) is 2.68. The van der Waals surface area contributed by atoms with Gasteiger partial charge in [0, 0.05) is 4.92 Å². The highest BCUT2D eigenvalue weighted by Gasteiger charge is 2.85. The van der Waals surface area contributed by atoms with Gasteiger partial charge < -0.3 is 4.74 Å². The molecule has 0 aromatic heterocycles. The first-order valence-electron chi connectivity index (χ1n) is 6.77. The normalized spacial score (nSPS) is 43.6. The Balaban J connectivity index is 1.82. The van der Waals surface area contributed by atoms with E-state index in [0.717, 1.165) is 25.7 Å². The summed E-state index contributed by atoms with van der Waals surface area (Å²) in [5.74, 6) is -0.261. The molecule has 0 aromatic rings. The van der Waals surface area contributed by atoms with E-state index >= 15 is 0 Å². The monoisotopic (exact) mass is 253 g/mol. The summed E-state index contributed by atoms with van der Waals surface area (Å²) in [6.45, 7) is 2.06. The van der Waals surface area contributed by atoms with Crippen LogP contribution in [0.15, 0.2) is 0 Å². The van der Waals surface area contributed by atoms with E-state index in [0.29, 0.717) is 12.0 Å². The van der Waals surface area contributed by atoms with Crippen molar-refractivity contribution < 1.29 is 14.5 Å². The quantitative estimate of drug-likeness (QED) is 0.427. The van der Waals surface area contributed by atoms with Crippen molar-refractivity contribution in [1.82, 2.24) is 0 Å². The van der Waals surface area contributed by atoms with E-state index in [4.69, 9.17) is 4.74 Å². The van der Waals surface area contributed by atoms with Gasteiger partial charge in [-0.2, -0.15) is 0 Å². The maximum atomic E-state index is 11.8. The Hall–Kier alpha value is -1.13. The molecule has 0 bridgehead atoms. The summed E-state index contributed by atoms with van der Waals surface area (Å²) < 4.78 is 5.02. The summed E-state index contributed by atoms with van der Waals surface area (Å²) in [7, 11) is 0. The zero-order chi connectivity index (χ0) is 13.0. The number of nitrogens with zero attached hydrogens (tertiary/aromatic N) is 1. The molecular weight excluding hydrogens is 234 g/mol. The van der Waals surface area contributed by atoms with Gasteiger partial charge in [-0.1, -0.05) is 0 Å². The van der Waals surface area contributed by atoms with Crippen molar-refractivity contribution in [1.29, 1.82) is 0 Å². The van der Waals surface area contributed by atoms with Gasteiger partial charge in [-0.3, -0.25) is 14.9 Å². The maximum Gasteiger partial charge on any atom is 0.306 e. The van der Waals surface area contributed by atoms with Crippen molar-refractivity contribution in [2.45, 2.75) is 45.4 Å². The fourth-order valence-electron chi connectivity index (χ4n) is 4.96. The van der Waals surface area contributed by atoms with Crippen LogP contribution < -0.4 is 0 Å². The first-order valence-corrected chi connectivity index (χ1v) is 6.77. The number of esters is 1. The van der Waals surface area contributed by atoms with Crippen LogP contribution in [0.25, 0.3) is 0 Å². The number of rotatable bonds is 5. The van der Waals surface area contributed by atoms with Crippen LogP contribution in [0.1, 0.15) is 45.4 Å². The molecule has 3 rings (SSSR count).